The largest absolute Gasteiger partial charge is 0.394 e. The third-order valence-electron chi connectivity index (χ3n) is 18.9. The summed E-state index contributed by atoms with van der Waals surface area (Å²) in [5.74, 6) is -1.65. The SMILES string of the molecule is CC(C)(C)C(=O)CCCCCCCCCCC(=O)NC1(COCCC(=O)NCCCNC(=O)CCCCO[C@H]2OC(CO)[C@@H](O)C(O)C2O)COCCC(=O)NCCCNCC(=O)CCCCO[C@H]2OC(COC(O[C@H]3OC(CO)[C@@H](O)C(O)C3O)CCCC(=O)CNCCCNC(=O)CCOC1)[C@@H](O)C(O)C2O. The predicted octanol–water partition coefficient (Wildman–Crippen LogP) is -3.15. The molecule has 2 bridgehead atoms. The van der Waals surface area contributed by atoms with Crippen molar-refractivity contribution in [3.8, 4) is 0 Å². The van der Waals surface area contributed by atoms with Crippen LogP contribution in [0.1, 0.15) is 181 Å². The van der Waals surface area contributed by atoms with E-state index < -0.39 is 124 Å². The first-order valence-corrected chi connectivity index (χ1v) is 39.1. The van der Waals surface area contributed by atoms with E-state index in [-0.39, 0.29) is 202 Å². The fourth-order valence-electron chi connectivity index (χ4n) is 12.1. The molecule has 632 valence electrons. The molecule has 4 fully saturated rings. The normalized spacial score (nSPS) is 30.7. The summed E-state index contributed by atoms with van der Waals surface area (Å²) in [7, 11) is 0. The number of amides is 5. The highest BCUT2D eigenvalue weighted by Crippen LogP contribution is 2.28. The molecule has 0 aliphatic carbocycles. The van der Waals surface area contributed by atoms with Crippen molar-refractivity contribution in [2.24, 2.45) is 5.41 Å². The number of aliphatic hydroxyl groups excluding tert-OH is 11. The van der Waals surface area contributed by atoms with Crippen LogP contribution in [0.3, 0.4) is 0 Å². The maximum atomic E-state index is 13.9. The van der Waals surface area contributed by atoms with Gasteiger partial charge in [-0.2, -0.15) is 0 Å². The molecule has 4 saturated heterocycles. The van der Waals surface area contributed by atoms with Crippen molar-refractivity contribution in [3.63, 3.8) is 0 Å². The third-order valence-corrected chi connectivity index (χ3v) is 18.9. The minimum atomic E-state index is -1.81. The summed E-state index contributed by atoms with van der Waals surface area (Å²) >= 11 is 0. The minimum absolute atomic E-state index is 0.00522. The van der Waals surface area contributed by atoms with Crippen molar-refractivity contribution in [1.82, 2.24) is 37.2 Å². The van der Waals surface area contributed by atoms with Gasteiger partial charge in [0.25, 0.3) is 0 Å². The Bertz CT molecular complexity index is 2580. The number of aliphatic hydroxyl groups is 11. The number of carbonyl (C=O) groups is 8. The number of Topliss-reactive ketones (excluding diaryl/α,β-unsaturated/α-hetero) is 3. The second-order valence-corrected chi connectivity index (χ2v) is 29.5. The van der Waals surface area contributed by atoms with Crippen LogP contribution in [-0.2, 0) is 85.7 Å². The topological polar surface area (TPSA) is 536 Å². The Balaban J connectivity index is 1.36. The monoisotopic (exact) mass is 1570 g/mol. The Morgan fingerprint density at radius 3 is 1.60 bits per heavy atom. The molecular formula is C73H131N7O29. The van der Waals surface area contributed by atoms with Crippen molar-refractivity contribution in [2.75, 3.05) is 125 Å². The van der Waals surface area contributed by atoms with Crippen LogP contribution in [0.15, 0.2) is 0 Å². The molecule has 0 aromatic carbocycles. The van der Waals surface area contributed by atoms with E-state index in [1.165, 1.54) is 0 Å². The molecule has 0 spiro atoms. The minimum Gasteiger partial charge on any atom is -0.394 e. The number of carbonyl (C=O) groups excluding carboxylic acids is 8. The highest BCUT2D eigenvalue weighted by molar-refractivity contribution is 5.83. The van der Waals surface area contributed by atoms with Gasteiger partial charge in [0.15, 0.2) is 25.2 Å². The predicted molar refractivity (Wildman–Crippen MR) is 388 cm³/mol. The first-order chi connectivity index (χ1) is 52.2. The molecule has 4 aliphatic rings. The lowest BCUT2D eigenvalue weighted by Gasteiger charge is -2.42. The lowest BCUT2D eigenvalue weighted by atomic mass is 9.88. The number of unbranched alkanes of at least 4 members (excludes halogenated alkanes) is 8. The van der Waals surface area contributed by atoms with Gasteiger partial charge in [0.2, 0.25) is 29.5 Å². The number of ketones is 3. The molecule has 0 saturated carbocycles. The molecule has 109 heavy (non-hydrogen) atoms. The van der Waals surface area contributed by atoms with E-state index in [0.717, 1.165) is 44.9 Å². The van der Waals surface area contributed by atoms with Gasteiger partial charge < -0.3 is 141 Å². The van der Waals surface area contributed by atoms with E-state index >= 15 is 0 Å². The van der Waals surface area contributed by atoms with Crippen LogP contribution in [0.4, 0.5) is 0 Å². The van der Waals surface area contributed by atoms with Gasteiger partial charge in [-0.05, 0) is 83.7 Å². The van der Waals surface area contributed by atoms with Crippen LogP contribution >= 0.6 is 0 Å². The van der Waals surface area contributed by atoms with Crippen molar-refractivity contribution < 1.29 is 142 Å². The molecule has 18 N–H and O–H groups in total. The van der Waals surface area contributed by atoms with Gasteiger partial charge in [0.1, 0.15) is 96.1 Å². The Morgan fingerprint density at radius 2 is 1.02 bits per heavy atom. The summed E-state index contributed by atoms with van der Waals surface area (Å²) in [6.45, 7) is 4.89. The van der Waals surface area contributed by atoms with Crippen LogP contribution in [0.2, 0.25) is 0 Å². The lowest BCUT2D eigenvalue weighted by molar-refractivity contribution is -0.347. The average Bonchev–Trinajstić information content (AvgIpc) is 0.815. The molecule has 4 heterocycles. The number of fused-ring (bicyclic) bond motifs is 2. The van der Waals surface area contributed by atoms with Crippen molar-refractivity contribution >= 4 is 46.9 Å². The number of hydrogen-bond acceptors (Lipinski definition) is 31. The second-order valence-electron chi connectivity index (χ2n) is 29.5. The van der Waals surface area contributed by atoms with E-state index in [2.05, 4.69) is 37.2 Å². The molecule has 5 amide bonds. The number of hydrogen-bond donors (Lipinski definition) is 18. The average molecular weight is 1570 g/mol. The van der Waals surface area contributed by atoms with Crippen LogP contribution in [-0.4, -0.2) is 332 Å². The summed E-state index contributed by atoms with van der Waals surface area (Å²) in [6, 6.07) is 0. The summed E-state index contributed by atoms with van der Waals surface area (Å²) < 4.78 is 58.1. The van der Waals surface area contributed by atoms with Gasteiger partial charge in [0, 0.05) is 96.2 Å². The molecular weight excluding hydrogens is 1440 g/mol. The first kappa shape index (κ1) is 96.8. The fourth-order valence-corrected chi connectivity index (χ4v) is 12.1. The van der Waals surface area contributed by atoms with Gasteiger partial charge in [0.05, 0.1) is 72.6 Å². The smallest absolute Gasteiger partial charge is 0.222 e. The summed E-state index contributed by atoms with van der Waals surface area (Å²) in [4.78, 5) is 104. The Labute approximate surface area is 639 Å². The summed E-state index contributed by atoms with van der Waals surface area (Å²) in [5, 5.41) is 134. The van der Waals surface area contributed by atoms with Crippen LogP contribution < -0.4 is 37.2 Å². The Kier molecular flexibility index (Phi) is 48.9. The molecule has 4 aliphatic heterocycles. The van der Waals surface area contributed by atoms with Gasteiger partial charge in [-0.25, -0.2) is 0 Å². The van der Waals surface area contributed by atoms with Gasteiger partial charge in [-0.1, -0.05) is 59.3 Å². The Morgan fingerprint density at radius 1 is 0.505 bits per heavy atom. The van der Waals surface area contributed by atoms with Crippen molar-refractivity contribution in [3.05, 3.63) is 0 Å². The van der Waals surface area contributed by atoms with Crippen molar-refractivity contribution in [2.45, 2.75) is 285 Å². The zero-order valence-corrected chi connectivity index (χ0v) is 64.1. The molecule has 17 atom stereocenters. The maximum Gasteiger partial charge on any atom is 0.222 e. The summed E-state index contributed by atoms with van der Waals surface area (Å²) in [5.41, 5.74) is -1.72. The quantitative estimate of drug-likeness (QED) is 0.0305. The third kappa shape index (κ3) is 39.4. The first-order valence-electron chi connectivity index (χ1n) is 39.1. The molecule has 0 aromatic rings. The molecule has 36 heteroatoms. The number of nitrogens with one attached hydrogen (secondary N) is 7. The van der Waals surface area contributed by atoms with E-state index in [9.17, 15) is 94.5 Å². The van der Waals surface area contributed by atoms with Crippen molar-refractivity contribution in [1.29, 1.82) is 0 Å². The van der Waals surface area contributed by atoms with Crippen LogP contribution in [0, 0.1) is 5.41 Å². The standard InChI is InChI=1S/C73H131N7O29/c1-72(2,3)53(85)22-10-8-6-4-5-7-9-11-24-58(90)80-73(47-102-39-28-57(89)79-34-19-33-76-54(86)23-13-15-36-103-69-66(97)63(94)60(91)50(42-81)106-69)45-100-37-26-55(87)77-31-17-29-74-40-48(83)20-12-14-35-104-70-67(98)65(96)62(93)52(108-70)44-105-59(109-71-68(99)64(95)61(92)51(43-82)107-71)25-16-21-49(84)41-75-30-18-32-78-56(88)27-38-101-46-73/h50-52,59-71,74-75,81-82,91-99H,4-47H2,1-3H3,(H,76,86)(H,77,87)(H,78,88)(H,79,89)(H,80,90)/t50?,51?,52?,59?,60-,61-,62-,63?,64?,65?,66?,67?,68?,69+,70+,71-,73?/m1/s1. The molecule has 0 radical (unpaired) electrons. The second kappa shape index (κ2) is 55.0. The number of ether oxygens (including phenoxy) is 10. The molecule has 0 aromatic heterocycles. The zero-order valence-electron chi connectivity index (χ0n) is 64.1. The fraction of sp³-hybridized carbons (Fsp3) is 0.890. The number of rotatable bonds is 31. The Hall–Kier alpha value is -4.56. The van der Waals surface area contributed by atoms with Crippen LogP contribution in [0.5, 0.6) is 0 Å². The van der Waals surface area contributed by atoms with E-state index in [4.69, 9.17) is 47.4 Å². The molecule has 4 rings (SSSR count). The molecule has 36 nitrogen and oxygen atoms in total. The van der Waals surface area contributed by atoms with E-state index in [1.54, 1.807) is 0 Å². The summed E-state index contributed by atoms with van der Waals surface area (Å²) in [6.07, 6.45) is -13.5. The lowest BCUT2D eigenvalue weighted by Crippen LogP contribution is -2.60. The zero-order chi connectivity index (χ0) is 80.0. The maximum absolute atomic E-state index is 13.9. The highest BCUT2D eigenvalue weighted by Gasteiger charge is 2.48. The van der Waals surface area contributed by atoms with Gasteiger partial charge in [-0.15, -0.1) is 0 Å². The van der Waals surface area contributed by atoms with Gasteiger partial charge >= 0.3 is 0 Å². The van der Waals surface area contributed by atoms with Crippen LogP contribution in [0.25, 0.3) is 0 Å². The molecule has 11 unspecified atom stereocenters. The highest BCUT2D eigenvalue weighted by atomic mass is 16.8. The van der Waals surface area contributed by atoms with Gasteiger partial charge in [-0.3, -0.25) is 38.4 Å². The van der Waals surface area contributed by atoms with E-state index in [0.29, 0.717) is 70.9 Å². The van der Waals surface area contributed by atoms with E-state index in [1.807, 2.05) is 20.8 Å².